The van der Waals surface area contributed by atoms with E-state index in [0.717, 1.165) is 11.1 Å². The summed E-state index contributed by atoms with van der Waals surface area (Å²) in [6, 6.07) is 17.8. The molecule has 120 valence electrons. The zero-order valence-corrected chi connectivity index (χ0v) is 12.5. The summed E-state index contributed by atoms with van der Waals surface area (Å²) in [7, 11) is 0. The van der Waals surface area contributed by atoms with E-state index in [4.69, 9.17) is 4.74 Å². The van der Waals surface area contributed by atoms with E-state index in [1.807, 2.05) is 12.1 Å². The van der Waals surface area contributed by atoms with Gasteiger partial charge in [0, 0.05) is 12.8 Å². The van der Waals surface area contributed by atoms with Crippen LogP contribution in [0.1, 0.15) is 11.1 Å². The summed E-state index contributed by atoms with van der Waals surface area (Å²) in [6.07, 6.45) is -2.58. The van der Waals surface area contributed by atoms with Gasteiger partial charge in [-0.3, -0.25) is 0 Å². The van der Waals surface area contributed by atoms with Crippen LogP contribution in [0.5, 0.6) is 0 Å². The van der Waals surface area contributed by atoms with Gasteiger partial charge in [-0.25, -0.2) is 9.59 Å². The van der Waals surface area contributed by atoms with Crippen molar-refractivity contribution in [3.63, 3.8) is 0 Å². The number of aliphatic hydroxyl groups is 1. The second-order valence-corrected chi connectivity index (χ2v) is 5.16. The number of carboxylic acid groups (broad SMARTS) is 1. The average Bonchev–Trinajstić information content (AvgIpc) is 2.56. The molecule has 0 saturated heterocycles. The van der Waals surface area contributed by atoms with Crippen LogP contribution in [0.2, 0.25) is 0 Å². The third-order valence-electron chi connectivity index (χ3n) is 3.34. The number of rotatable bonds is 7. The summed E-state index contributed by atoms with van der Waals surface area (Å²) < 4.78 is 4.96. The summed E-state index contributed by atoms with van der Waals surface area (Å²) in [5.74, 6) is -2.17. The predicted octanol–water partition coefficient (Wildman–Crippen LogP) is 1.83. The topological polar surface area (TPSA) is 83.8 Å². The molecule has 0 heterocycles. The Balaban J connectivity index is 1.96. The lowest BCUT2D eigenvalue weighted by atomic mass is 10.1. The highest BCUT2D eigenvalue weighted by molar-refractivity contribution is 5.80. The Hall–Kier alpha value is -2.66. The van der Waals surface area contributed by atoms with Crippen molar-refractivity contribution in [2.24, 2.45) is 0 Å². The Kier molecular flexibility index (Phi) is 5.88. The normalized spacial score (nSPS) is 13.1. The molecule has 2 N–H and O–H groups in total. The Morgan fingerprint density at radius 1 is 0.870 bits per heavy atom. The molecule has 0 saturated carbocycles. The van der Waals surface area contributed by atoms with Crippen molar-refractivity contribution in [3.05, 3.63) is 71.8 Å². The first-order valence-electron chi connectivity index (χ1n) is 7.25. The van der Waals surface area contributed by atoms with Crippen LogP contribution >= 0.6 is 0 Å². The zero-order valence-electron chi connectivity index (χ0n) is 12.5. The van der Waals surface area contributed by atoms with Crippen molar-refractivity contribution in [2.45, 2.75) is 25.0 Å². The van der Waals surface area contributed by atoms with E-state index in [9.17, 15) is 19.8 Å². The minimum Gasteiger partial charge on any atom is -0.478 e. The minimum atomic E-state index is -1.39. The molecule has 0 radical (unpaired) electrons. The SMILES string of the molecule is O=C(O[C@H](Cc1ccccc1)C(=O)O)C(O)Cc1ccccc1. The van der Waals surface area contributed by atoms with Crippen molar-refractivity contribution >= 4 is 11.9 Å². The van der Waals surface area contributed by atoms with Crippen molar-refractivity contribution < 1.29 is 24.5 Å². The average molecular weight is 314 g/mol. The molecule has 1 unspecified atom stereocenters. The van der Waals surface area contributed by atoms with E-state index in [2.05, 4.69) is 0 Å². The van der Waals surface area contributed by atoms with Gasteiger partial charge in [0.15, 0.2) is 6.10 Å². The molecule has 0 bridgehead atoms. The van der Waals surface area contributed by atoms with E-state index in [1.165, 1.54) is 0 Å². The molecule has 0 aliphatic rings. The zero-order chi connectivity index (χ0) is 16.7. The molecule has 0 fully saturated rings. The smallest absolute Gasteiger partial charge is 0.345 e. The monoisotopic (exact) mass is 314 g/mol. The van der Waals surface area contributed by atoms with Gasteiger partial charge in [0.1, 0.15) is 0 Å². The lowest BCUT2D eigenvalue weighted by molar-refractivity contribution is -0.170. The molecular formula is C18H18O5. The molecule has 2 aromatic rings. The maximum Gasteiger partial charge on any atom is 0.345 e. The summed E-state index contributed by atoms with van der Waals surface area (Å²) >= 11 is 0. The third-order valence-corrected chi connectivity index (χ3v) is 3.34. The van der Waals surface area contributed by atoms with Crippen LogP contribution in [0.25, 0.3) is 0 Å². The second-order valence-electron chi connectivity index (χ2n) is 5.16. The number of hydrogen-bond acceptors (Lipinski definition) is 4. The third kappa shape index (κ3) is 5.23. The highest BCUT2D eigenvalue weighted by atomic mass is 16.6. The van der Waals surface area contributed by atoms with Crippen molar-refractivity contribution in [1.82, 2.24) is 0 Å². The number of benzene rings is 2. The van der Waals surface area contributed by atoms with Crippen molar-refractivity contribution in [2.75, 3.05) is 0 Å². The molecule has 0 aliphatic carbocycles. The first kappa shape index (κ1) is 16.7. The van der Waals surface area contributed by atoms with Gasteiger partial charge < -0.3 is 14.9 Å². The molecule has 0 spiro atoms. The Morgan fingerprint density at radius 3 is 1.83 bits per heavy atom. The van der Waals surface area contributed by atoms with E-state index in [1.54, 1.807) is 48.5 Å². The number of hydrogen-bond donors (Lipinski definition) is 2. The highest BCUT2D eigenvalue weighted by Gasteiger charge is 2.26. The van der Waals surface area contributed by atoms with Crippen molar-refractivity contribution in [1.29, 1.82) is 0 Å². The fraction of sp³-hybridized carbons (Fsp3) is 0.222. The molecule has 23 heavy (non-hydrogen) atoms. The molecule has 0 amide bonds. The second kappa shape index (κ2) is 8.10. The largest absolute Gasteiger partial charge is 0.478 e. The van der Waals surface area contributed by atoms with Crippen LogP contribution in [0.3, 0.4) is 0 Å². The van der Waals surface area contributed by atoms with Gasteiger partial charge in [0.05, 0.1) is 0 Å². The Bertz CT molecular complexity index is 639. The number of ether oxygens (including phenoxy) is 1. The van der Waals surface area contributed by atoms with Crippen LogP contribution in [-0.2, 0) is 27.2 Å². The molecule has 2 rings (SSSR count). The quantitative estimate of drug-likeness (QED) is 0.762. The number of aliphatic carboxylic acids is 1. The lowest BCUT2D eigenvalue weighted by Gasteiger charge is -2.16. The molecular weight excluding hydrogens is 296 g/mol. The van der Waals surface area contributed by atoms with Crippen LogP contribution in [0.4, 0.5) is 0 Å². The molecule has 2 atom stereocenters. The minimum absolute atomic E-state index is 0.0555. The number of carboxylic acids is 1. The van der Waals surface area contributed by atoms with Gasteiger partial charge in [0.25, 0.3) is 0 Å². The summed E-state index contributed by atoms with van der Waals surface area (Å²) in [4.78, 5) is 23.2. The maximum absolute atomic E-state index is 11.9. The summed E-state index contributed by atoms with van der Waals surface area (Å²) in [5, 5.41) is 19.1. The first-order chi connectivity index (χ1) is 11.1. The maximum atomic E-state index is 11.9. The molecule has 0 aliphatic heterocycles. The Labute approximate surface area is 134 Å². The van der Waals surface area contributed by atoms with Crippen LogP contribution in [-0.4, -0.2) is 34.4 Å². The first-order valence-corrected chi connectivity index (χ1v) is 7.25. The molecule has 0 aromatic heterocycles. The van der Waals surface area contributed by atoms with Crippen LogP contribution < -0.4 is 0 Å². The molecule has 5 nitrogen and oxygen atoms in total. The van der Waals surface area contributed by atoms with E-state index < -0.39 is 24.1 Å². The summed E-state index contributed by atoms with van der Waals surface area (Å²) in [6.45, 7) is 0. The van der Waals surface area contributed by atoms with E-state index >= 15 is 0 Å². The lowest BCUT2D eigenvalue weighted by Crippen LogP contribution is -2.35. The number of carbonyl (C=O) groups is 2. The van der Waals surface area contributed by atoms with E-state index in [0.29, 0.717) is 0 Å². The fourth-order valence-electron chi connectivity index (χ4n) is 2.15. The van der Waals surface area contributed by atoms with Gasteiger partial charge >= 0.3 is 11.9 Å². The fourth-order valence-corrected chi connectivity index (χ4v) is 2.15. The van der Waals surface area contributed by atoms with Crippen LogP contribution in [0, 0.1) is 0 Å². The molecule has 2 aromatic carbocycles. The number of esters is 1. The van der Waals surface area contributed by atoms with Gasteiger partial charge in [-0.15, -0.1) is 0 Å². The van der Waals surface area contributed by atoms with Gasteiger partial charge in [-0.05, 0) is 11.1 Å². The standard InChI is InChI=1S/C18H18O5/c19-15(11-13-7-3-1-4-8-13)18(22)23-16(17(20)21)12-14-9-5-2-6-10-14/h1-10,15-16,19H,11-12H2,(H,20,21)/t15?,16-/m1/s1. The van der Waals surface area contributed by atoms with Gasteiger partial charge in [-0.2, -0.15) is 0 Å². The molecule has 5 heteroatoms. The van der Waals surface area contributed by atoms with Gasteiger partial charge in [-0.1, -0.05) is 60.7 Å². The number of carbonyl (C=O) groups excluding carboxylic acids is 1. The van der Waals surface area contributed by atoms with Gasteiger partial charge in [0.2, 0.25) is 6.10 Å². The van der Waals surface area contributed by atoms with E-state index in [-0.39, 0.29) is 12.8 Å². The Morgan fingerprint density at radius 2 is 1.35 bits per heavy atom. The van der Waals surface area contributed by atoms with Crippen LogP contribution in [0.15, 0.2) is 60.7 Å². The summed E-state index contributed by atoms with van der Waals surface area (Å²) in [5.41, 5.74) is 1.51. The highest BCUT2D eigenvalue weighted by Crippen LogP contribution is 2.10. The van der Waals surface area contributed by atoms with Crippen molar-refractivity contribution in [3.8, 4) is 0 Å². The predicted molar refractivity (Wildman–Crippen MR) is 83.8 cm³/mol. The number of aliphatic hydroxyl groups excluding tert-OH is 1.